The number of hydrogen-bond acceptors (Lipinski definition) is 4. The number of pyridine rings is 1. The van der Waals surface area contributed by atoms with Crippen LogP contribution in [0.3, 0.4) is 0 Å². The molecule has 1 saturated heterocycles. The molecule has 112 valence electrons. The van der Waals surface area contributed by atoms with Gasteiger partial charge in [0.2, 0.25) is 5.91 Å². The van der Waals surface area contributed by atoms with Crippen LogP contribution in [0.15, 0.2) is 18.2 Å². The first kappa shape index (κ1) is 15.5. The second-order valence-electron chi connectivity index (χ2n) is 4.99. The van der Waals surface area contributed by atoms with Gasteiger partial charge in [0.15, 0.2) is 0 Å². The lowest BCUT2D eigenvalue weighted by Crippen LogP contribution is -2.22. The maximum Gasteiger partial charge on any atom is 0.225 e. The second kappa shape index (κ2) is 8.40. The molecule has 2 rings (SSSR count). The van der Waals surface area contributed by atoms with E-state index in [1.807, 2.05) is 6.07 Å². The summed E-state index contributed by atoms with van der Waals surface area (Å²) < 4.78 is 5.62. The van der Waals surface area contributed by atoms with Crippen LogP contribution >= 0.6 is 0 Å². The monoisotopic (exact) mass is 287 g/mol. The number of anilines is 1. The lowest BCUT2D eigenvalue weighted by Gasteiger charge is -2.22. The van der Waals surface area contributed by atoms with Gasteiger partial charge in [-0.15, -0.1) is 0 Å². The molecular weight excluding hydrogens is 266 g/mol. The zero-order valence-electron chi connectivity index (χ0n) is 12.1. The van der Waals surface area contributed by atoms with Crippen LogP contribution in [0.5, 0.6) is 0 Å². The Bertz CT molecular complexity index is 528. The number of carbonyl (C=O) groups is 1. The van der Waals surface area contributed by atoms with Crippen molar-refractivity contribution in [2.75, 3.05) is 18.5 Å². The van der Waals surface area contributed by atoms with Gasteiger partial charge in [0.1, 0.15) is 11.5 Å². The molecule has 0 aromatic carbocycles. The molecule has 5 heteroatoms. The van der Waals surface area contributed by atoms with E-state index in [1.165, 1.54) is 6.42 Å². The van der Waals surface area contributed by atoms with Crippen LogP contribution in [0.4, 0.5) is 5.82 Å². The molecule has 3 N–H and O–H groups in total. The van der Waals surface area contributed by atoms with Crippen LogP contribution in [0.1, 0.15) is 37.8 Å². The minimum atomic E-state index is -0.0411. The first-order valence-corrected chi connectivity index (χ1v) is 7.35. The SMILES string of the molecule is NCC#Cc1cccc(NC(=O)CCC2CCCCO2)n1. The van der Waals surface area contributed by atoms with Crippen molar-refractivity contribution in [3.63, 3.8) is 0 Å². The maximum absolute atomic E-state index is 11.9. The van der Waals surface area contributed by atoms with Crippen LogP contribution < -0.4 is 11.1 Å². The molecule has 1 aromatic heterocycles. The van der Waals surface area contributed by atoms with E-state index in [1.54, 1.807) is 12.1 Å². The molecule has 5 nitrogen and oxygen atoms in total. The number of hydrogen-bond donors (Lipinski definition) is 2. The lowest BCUT2D eigenvalue weighted by molar-refractivity contribution is -0.117. The van der Waals surface area contributed by atoms with Crippen molar-refractivity contribution in [2.24, 2.45) is 5.73 Å². The van der Waals surface area contributed by atoms with Gasteiger partial charge in [-0.1, -0.05) is 12.0 Å². The summed E-state index contributed by atoms with van der Waals surface area (Å²) in [5.74, 6) is 6.06. The molecule has 1 unspecified atom stereocenters. The molecule has 1 amide bonds. The average Bonchev–Trinajstić information content (AvgIpc) is 2.52. The largest absolute Gasteiger partial charge is 0.378 e. The van der Waals surface area contributed by atoms with Crippen molar-refractivity contribution in [3.8, 4) is 11.8 Å². The van der Waals surface area contributed by atoms with Gasteiger partial charge in [-0.2, -0.15) is 0 Å². The molecular formula is C16H21N3O2. The van der Waals surface area contributed by atoms with Gasteiger partial charge < -0.3 is 15.8 Å². The van der Waals surface area contributed by atoms with Gasteiger partial charge in [-0.05, 0) is 43.7 Å². The Morgan fingerprint density at radius 3 is 3.14 bits per heavy atom. The average molecular weight is 287 g/mol. The fourth-order valence-electron chi connectivity index (χ4n) is 2.25. The van der Waals surface area contributed by atoms with Crippen molar-refractivity contribution in [2.45, 2.75) is 38.2 Å². The van der Waals surface area contributed by atoms with Crippen LogP contribution in [-0.4, -0.2) is 30.1 Å². The van der Waals surface area contributed by atoms with E-state index in [9.17, 15) is 4.79 Å². The predicted molar refractivity (Wildman–Crippen MR) is 81.6 cm³/mol. The number of nitrogens with one attached hydrogen (secondary N) is 1. The van der Waals surface area contributed by atoms with Crippen molar-refractivity contribution >= 4 is 11.7 Å². The quantitative estimate of drug-likeness (QED) is 0.826. The third kappa shape index (κ3) is 5.54. The summed E-state index contributed by atoms with van der Waals surface area (Å²) in [5, 5.41) is 2.79. The number of nitrogens with two attached hydrogens (primary N) is 1. The molecule has 0 radical (unpaired) electrons. The topological polar surface area (TPSA) is 77.2 Å². The maximum atomic E-state index is 11.9. The lowest BCUT2D eigenvalue weighted by atomic mass is 10.0. The smallest absolute Gasteiger partial charge is 0.225 e. The summed E-state index contributed by atoms with van der Waals surface area (Å²) in [6.45, 7) is 1.11. The summed E-state index contributed by atoms with van der Waals surface area (Å²) in [4.78, 5) is 16.2. The first-order chi connectivity index (χ1) is 10.3. The zero-order valence-corrected chi connectivity index (χ0v) is 12.1. The third-order valence-corrected chi connectivity index (χ3v) is 3.30. The van der Waals surface area contributed by atoms with E-state index < -0.39 is 0 Å². The number of nitrogens with zero attached hydrogens (tertiary/aromatic N) is 1. The number of aromatic nitrogens is 1. The standard InChI is InChI=1S/C16H21N3O2/c17-11-4-6-13-5-3-8-15(18-13)19-16(20)10-9-14-7-1-2-12-21-14/h3,5,8,14H,1-2,7,9-12,17H2,(H,18,19,20). The summed E-state index contributed by atoms with van der Waals surface area (Å²) in [6.07, 6.45) is 4.80. The van der Waals surface area contributed by atoms with Crippen molar-refractivity contribution in [1.82, 2.24) is 4.98 Å². The highest BCUT2D eigenvalue weighted by molar-refractivity contribution is 5.89. The van der Waals surface area contributed by atoms with Crippen molar-refractivity contribution < 1.29 is 9.53 Å². The second-order valence-corrected chi connectivity index (χ2v) is 4.99. The fourth-order valence-corrected chi connectivity index (χ4v) is 2.25. The minimum absolute atomic E-state index is 0.0411. The zero-order chi connectivity index (χ0) is 14.9. The highest BCUT2D eigenvalue weighted by Crippen LogP contribution is 2.17. The van der Waals surface area contributed by atoms with Crippen molar-refractivity contribution in [3.05, 3.63) is 23.9 Å². The van der Waals surface area contributed by atoms with Gasteiger partial charge >= 0.3 is 0 Å². The van der Waals surface area contributed by atoms with Crippen LogP contribution in [0.2, 0.25) is 0 Å². The molecule has 1 aromatic rings. The molecule has 2 heterocycles. The Hall–Kier alpha value is -1.90. The van der Waals surface area contributed by atoms with Crippen LogP contribution in [0, 0.1) is 11.8 Å². The molecule has 0 saturated carbocycles. The number of carbonyl (C=O) groups excluding carboxylic acids is 1. The molecule has 0 spiro atoms. The summed E-state index contributed by atoms with van der Waals surface area (Å²) in [5.41, 5.74) is 5.93. The minimum Gasteiger partial charge on any atom is -0.378 e. The fraction of sp³-hybridized carbons (Fsp3) is 0.500. The number of ether oxygens (including phenoxy) is 1. The Balaban J connectivity index is 1.81. The van der Waals surface area contributed by atoms with Crippen LogP contribution in [-0.2, 0) is 9.53 Å². The third-order valence-electron chi connectivity index (χ3n) is 3.30. The summed E-state index contributed by atoms with van der Waals surface area (Å²) in [6, 6.07) is 5.35. The Labute approximate surface area is 125 Å². The summed E-state index contributed by atoms with van der Waals surface area (Å²) >= 11 is 0. The molecule has 1 fully saturated rings. The normalized spacial score (nSPS) is 17.7. The van der Waals surface area contributed by atoms with E-state index in [0.717, 1.165) is 25.9 Å². The van der Waals surface area contributed by atoms with E-state index >= 15 is 0 Å². The molecule has 1 atom stereocenters. The van der Waals surface area contributed by atoms with Gasteiger partial charge in [0, 0.05) is 13.0 Å². The summed E-state index contributed by atoms with van der Waals surface area (Å²) in [7, 11) is 0. The Kier molecular flexibility index (Phi) is 6.20. The predicted octanol–water partition coefficient (Wildman–Crippen LogP) is 1.68. The van der Waals surface area contributed by atoms with Gasteiger partial charge in [-0.25, -0.2) is 4.98 Å². The first-order valence-electron chi connectivity index (χ1n) is 7.35. The highest BCUT2D eigenvalue weighted by Gasteiger charge is 2.15. The molecule has 21 heavy (non-hydrogen) atoms. The Morgan fingerprint density at radius 2 is 2.38 bits per heavy atom. The molecule has 1 aliphatic rings. The molecule has 1 aliphatic heterocycles. The molecule has 0 aliphatic carbocycles. The van der Waals surface area contributed by atoms with Gasteiger partial charge in [0.25, 0.3) is 0 Å². The number of amides is 1. The van der Waals surface area contributed by atoms with E-state index in [4.69, 9.17) is 10.5 Å². The van der Waals surface area contributed by atoms with Crippen molar-refractivity contribution in [1.29, 1.82) is 0 Å². The highest BCUT2D eigenvalue weighted by atomic mass is 16.5. The van der Waals surface area contributed by atoms with E-state index in [0.29, 0.717) is 24.5 Å². The Morgan fingerprint density at radius 1 is 1.48 bits per heavy atom. The van der Waals surface area contributed by atoms with Crippen LogP contribution in [0.25, 0.3) is 0 Å². The van der Waals surface area contributed by atoms with E-state index in [-0.39, 0.29) is 12.0 Å². The number of rotatable bonds is 4. The van der Waals surface area contributed by atoms with E-state index in [2.05, 4.69) is 22.1 Å². The van der Waals surface area contributed by atoms with Gasteiger partial charge in [0.05, 0.1) is 12.6 Å². The molecule has 0 bridgehead atoms. The van der Waals surface area contributed by atoms with Gasteiger partial charge in [-0.3, -0.25) is 4.79 Å².